The number of benzene rings is 3. The van der Waals surface area contributed by atoms with Gasteiger partial charge in [0.1, 0.15) is 12.2 Å². The Hall–Kier alpha value is -3.72. The van der Waals surface area contributed by atoms with Gasteiger partial charge in [0, 0.05) is 46.9 Å². The third-order valence-electron chi connectivity index (χ3n) is 7.56. The van der Waals surface area contributed by atoms with E-state index in [0.29, 0.717) is 28.4 Å². The predicted octanol–water partition coefficient (Wildman–Crippen LogP) is 5.84. The molecule has 0 bridgehead atoms. The molecule has 8 nitrogen and oxygen atoms in total. The number of carbonyl (C=O) groups excluding carboxylic acids is 2. The average molecular weight is 593 g/mol. The van der Waals surface area contributed by atoms with Crippen LogP contribution >= 0.6 is 11.6 Å². The molecule has 3 aromatic carbocycles. The number of carboxylic acid groups (broad SMARTS) is 1. The van der Waals surface area contributed by atoms with Crippen molar-refractivity contribution >= 4 is 40.8 Å². The summed E-state index contributed by atoms with van der Waals surface area (Å²) in [5.74, 6) is -1.71. The summed E-state index contributed by atoms with van der Waals surface area (Å²) in [4.78, 5) is 40.1. The molecule has 0 aliphatic carbocycles. The van der Waals surface area contributed by atoms with Crippen molar-refractivity contribution in [2.24, 2.45) is 5.41 Å². The molecule has 1 aliphatic rings. The predicted molar refractivity (Wildman–Crippen MR) is 163 cm³/mol. The molecule has 3 aromatic rings. The third-order valence-corrected chi connectivity index (χ3v) is 7.79. The maximum Gasteiger partial charge on any atom is 0.303 e. The lowest BCUT2D eigenvalue weighted by atomic mass is 9.91. The number of amides is 2. The SMILES string of the molecule is Cc1cccc([C@@H]2O[C@@H](CC(=O)Nc3cccc(CCC(=O)O)c3)C(=O)N(CC(C)(C)CO)c3ccc(Cl)cc32)c1C. The summed E-state index contributed by atoms with van der Waals surface area (Å²) in [5.41, 5.74) is 4.90. The van der Waals surface area contributed by atoms with Gasteiger partial charge in [-0.25, -0.2) is 0 Å². The van der Waals surface area contributed by atoms with E-state index in [2.05, 4.69) is 5.32 Å². The van der Waals surface area contributed by atoms with Crippen LogP contribution in [0.3, 0.4) is 0 Å². The molecule has 0 aromatic heterocycles. The number of rotatable bonds is 10. The molecule has 4 rings (SSSR count). The number of aliphatic hydroxyl groups excluding tert-OH is 1. The Morgan fingerprint density at radius 1 is 1.05 bits per heavy atom. The minimum absolute atomic E-state index is 0.0216. The molecule has 9 heteroatoms. The fraction of sp³-hybridized carbons (Fsp3) is 0.364. The van der Waals surface area contributed by atoms with E-state index in [1.165, 1.54) is 0 Å². The number of fused-ring (bicyclic) bond motifs is 1. The molecule has 1 aliphatic heterocycles. The topological polar surface area (TPSA) is 116 Å². The molecule has 0 unspecified atom stereocenters. The first-order valence-corrected chi connectivity index (χ1v) is 14.3. The summed E-state index contributed by atoms with van der Waals surface area (Å²) in [7, 11) is 0. The molecule has 2 atom stereocenters. The van der Waals surface area contributed by atoms with E-state index in [4.69, 9.17) is 21.4 Å². The number of nitrogens with one attached hydrogen (secondary N) is 1. The van der Waals surface area contributed by atoms with E-state index in [1.54, 1.807) is 47.4 Å². The summed E-state index contributed by atoms with van der Waals surface area (Å²) in [6, 6.07) is 18.2. The van der Waals surface area contributed by atoms with Crippen molar-refractivity contribution < 1.29 is 29.3 Å². The highest BCUT2D eigenvalue weighted by Gasteiger charge is 2.40. The van der Waals surface area contributed by atoms with Crippen molar-refractivity contribution in [2.45, 2.75) is 59.2 Å². The number of nitrogens with zero attached hydrogens (tertiary/aromatic N) is 1. The zero-order valence-corrected chi connectivity index (χ0v) is 25.1. The Balaban J connectivity index is 1.71. The first-order chi connectivity index (χ1) is 19.9. The van der Waals surface area contributed by atoms with Gasteiger partial charge in [-0.2, -0.15) is 0 Å². The Kier molecular flexibility index (Phi) is 9.71. The second kappa shape index (κ2) is 13.1. The highest BCUT2D eigenvalue weighted by atomic mass is 35.5. The molecule has 2 amide bonds. The highest BCUT2D eigenvalue weighted by Crippen LogP contribution is 2.42. The number of carbonyl (C=O) groups is 3. The van der Waals surface area contributed by atoms with Crippen LogP contribution in [0.25, 0.3) is 0 Å². The first kappa shape index (κ1) is 31.2. The molecule has 0 spiro atoms. The molecule has 0 radical (unpaired) electrons. The van der Waals surface area contributed by atoms with Crippen molar-refractivity contribution in [2.75, 3.05) is 23.4 Å². The van der Waals surface area contributed by atoms with Crippen molar-refractivity contribution in [1.82, 2.24) is 0 Å². The quantitative estimate of drug-likeness (QED) is 0.272. The van der Waals surface area contributed by atoms with Gasteiger partial charge in [-0.15, -0.1) is 0 Å². The summed E-state index contributed by atoms with van der Waals surface area (Å²) in [6.07, 6.45) is -1.76. The van der Waals surface area contributed by atoms with Crippen LogP contribution in [-0.2, 0) is 25.5 Å². The first-order valence-electron chi connectivity index (χ1n) is 13.9. The Labute approximate surface area is 251 Å². The van der Waals surface area contributed by atoms with Gasteiger partial charge in [-0.1, -0.05) is 55.8 Å². The van der Waals surface area contributed by atoms with Crippen molar-refractivity contribution in [3.8, 4) is 0 Å². The summed E-state index contributed by atoms with van der Waals surface area (Å²) in [6.45, 7) is 7.78. The van der Waals surface area contributed by atoms with Crippen molar-refractivity contribution in [3.63, 3.8) is 0 Å². The van der Waals surface area contributed by atoms with Crippen LogP contribution < -0.4 is 10.2 Å². The van der Waals surface area contributed by atoms with Crippen LogP contribution in [0.1, 0.15) is 60.6 Å². The maximum absolute atomic E-state index is 14.2. The fourth-order valence-electron chi connectivity index (χ4n) is 5.08. The minimum Gasteiger partial charge on any atom is -0.481 e. The number of aliphatic carboxylic acids is 1. The number of carboxylic acids is 1. The van der Waals surface area contributed by atoms with E-state index < -0.39 is 35.4 Å². The number of aliphatic hydroxyl groups is 1. The smallest absolute Gasteiger partial charge is 0.303 e. The number of hydrogen-bond acceptors (Lipinski definition) is 5. The van der Waals surface area contributed by atoms with Crippen LogP contribution in [-0.4, -0.2) is 47.3 Å². The molecule has 42 heavy (non-hydrogen) atoms. The van der Waals surface area contributed by atoms with Crippen molar-refractivity contribution in [3.05, 3.63) is 93.5 Å². The van der Waals surface area contributed by atoms with Crippen LogP contribution in [0.5, 0.6) is 0 Å². The van der Waals surface area contributed by atoms with E-state index in [9.17, 15) is 19.5 Å². The number of aryl methyl sites for hydroxylation is 2. The van der Waals surface area contributed by atoms with Gasteiger partial charge in [-0.05, 0) is 72.9 Å². The number of anilines is 2. The monoisotopic (exact) mass is 592 g/mol. The molecule has 0 saturated heterocycles. The molecule has 0 fully saturated rings. The van der Waals surface area contributed by atoms with Crippen LogP contribution in [0.15, 0.2) is 60.7 Å². The molecular formula is C33H37ClN2O6. The number of hydrogen-bond donors (Lipinski definition) is 3. The zero-order valence-electron chi connectivity index (χ0n) is 24.3. The lowest BCUT2D eigenvalue weighted by molar-refractivity contribution is -0.137. The molecule has 222 valence electrons. The normalized spacial score (nSPS) is 17.0. The lowest BCUT2D eigenvalue weighted by Crippen LogP contribution is -2.46. The van der Waals surface area contributed by atoms with Gasteiger partial charge in [-0.3, -0.25) is 14.4 Å². The Bertz CT molecular complexity index is 1490. The summed E-state index contributed by atoms with van der Waals surface area (Å²) < 4.78 is 6.56. The fourth-order valence-corrected chi connectivity index (χ4v) is 5.26. The molecular weight excluding hydrogens is 556 g/mol. The van der Waals surface area contributed by atoms with Crippen LogP contribution in [0, 0.1) is 19.3 Å². The minimum atomic E-state index is -1.13. The number of ether oxygens (including phenoxy) is 1. The summed E-state index contributed by atoms with van der Waals surface area (Å²) >= 11 is 6.47. The number of halogens is 1. The van der Waals surface area contributed by atoms with Gasteiger partial charge >= 0.3 is 5.97 Å². The Morgan fingerprint density at radius 3 is 2.50 bits per heavy atom. The lowest BCUT2D eigenvalue weighted by Gasteiger charge is -2.32. The summed E-state index contributed by atoms with van der Waals surface area (Å²) in [5, 5.41) is 22.4. The molecule has 0 saturated carbocycles. The molecule has 3 N–H and O–H groups in total. The second-order valence-corrected chi connectivity index (χ2v) is 12.0. The van der Waals surface area contributed by atoms with E-state index >= 15 is 0 Å². The van der Waals surface area contributed by atoms with Gasteiger partial charge in [0.15, 0.2) is 0 Å². The average Bonchev–Trinajstić information content (AvgIpc) is 3.04. The van der Waals surface area contributed by atoms with Crippen LogP contribution in [0.4, 0.5) is 11.4 Å². The second-order valence-electron chi connectivity index (χ2n) is 11.6. The Morgan fingerprint density at radius 2 is 1.79 bits per heavy atom. The highest BCUT2D eigenvalue weighted by molar-refractivity contribution is 6.30. The van der Waals surface area contributed by atoms with E-state index in [-0.39, 0.29) is 26.0 Å². The van der Waals surface area contributed by atoms with Crippen LogP contribution in [0.2, 0.25) is 5.02 Å². The molecule has 1 heterocycles. The van der Waals surface area contributed by atoms with Gasteiger partial charge < -0.3 is 25.2 Å². The van der Waals surface area contributed by atoms with Gasteiger partial charge in [0.25, 0.3) is 5.91 Å². The van der Waals surface area contributed by atoms with Gasteiger partial charge in [0.05, 0.1) is 6.42 Å². The van der Waals surface area contributed by atoms with Crippen molar-refractivity contribution in [1.29, 1.82) is 0 Å². The van der Waals surface area contributed by atoms with E-state index in [1.807, 2.05) is 45.9 Å². The zero-order chi connectivity index (χ0) is 30.6. The van der Waals surface area contributed by atoms with E-state index in [0.717, 1.165) is 22.3 Å². The van der Waals surface area contributed by atoms with Gasteiger partial charge in [0.2, 0.25) is 5.91 Å². The largest absolute Gasteiger partial charge is 0.481 e. The standard InChI is InChI=1S/C33H37ClN2O6/c1-20-7-5-10-25(21(20)2)31-26-16-23(34)12-13-27(26)36(18-33(3,4)19-37)32(41)28(42-31)17-29(38)35-24-9-6-8-22(15-24)11-14-30(39)40/h5-10,12-13,15-16,28,31,37H,11,14,17-19H2,1-4H3,(H,35,38)(H,39,40)/t28-,31-/m0/s1. The third kappa shape index (κ3) is 7.37. The maximum atomic E-state index is 14.2.